The highest BCUT2D eigenvalue weighted by Gasteiger charge is 2.20. The summed E-state index contributed by atoms with van der Waals surface area (Å²) >= 11 is 0. The number of aromatic nitrogens is 2. The zero-order valence-corrected chi connectivity index (χ0v) is 14.4. The molecule has 3 heterocycles. The van der Waals surface area contributed by atoms with E-state index in [1.807, 2.05) is 12.1 Å². The number of para-hydroxylation sites is 2. The number of hydrogen-bond acceptors (Lipinski definition) is 6. The molecule has 2 fully saturated rings. The molecule has 2 aliphatic rings. The number of nitrogens with zero attached hydrogens (tertiary/aromatic N) is 4. The van der Waals surface area contributed by atoms with E-state index in [1.54, 1.807) is 6.33 Å². The summed E-state index contributed by atoms with van der Waals surface area (Å²) in [5.74, 6) is 1.66. The normalized spacial score (nSPS) is 20.8. The van der Waals surface area contributed by atoms with Gasteiger partial charge in [0.2, 0.25) is 0 Å². The Morgan fingerprint density at radius 3 is 2.64 bits per heavy atom. The number of hydrogen-bond donors (Lipinski definition) is 2. The lowest BCUT2D eigenvalue weighted by atomic mass is 10.1. The Kier molecular flexibility index (Phi) is 4.70. The van der Waals surface area contributed by atoms with E-state index in [1.165, 1.54) is 18.5 Å². The van der Waals surface area contributed by atoms with Crippen molar-refractivity contribution in [3.05, 3.63) is 36.7 Å². The fourth-order valence-electron chi connectivity index (χ4n) is 3.70. The molecular formula is C19H25N5O. The third-order valence-electron chi connectivity index (χ3n) is 4.99. The van der Waals surface area contributed by atoms with Crippen molar-refractivity contribution in [3.8, 4) is 0 Å². The van der Waals surface area contributed by atoms with Crippen molar-refractivity contribution in [1.82, 2.24) is 9.97 Å². The Hall–Kier alpha value is -2.34. The SMILES string of the molecule is O[C@H]1CCCN(c2cc(Nc3ccccc3N3CCCC3)ncn2)C1. The van der Waals surface area contributed by atoms with E-state index in [0.717, 1.165) is 49.8 Å². The van der Waals surface area contributed by atoms with Crippen molar-refractivity contribution < 1.29 is 5.11 Å². The maximum absolute atomic E-state index is 9.90. The first kappa shape index (κ1) is 16.1. The van der Waals surface area contributed by atoms with Gasteiger partial charge >= 0.3 is 0 Å². The number of piperidine rings is 1. The third-order valence-corrected chi connectivity index (χ3v) is 4.99. The quantitative estimate of drug-likeness (QED) is 0.893. The maximum atomic E-state index is 9.90. The number of nitrogens with one attached hydrogen (secondary N) is 1. The molecule has 1 aromatic heterocycles. The predicted octanol–water partition coefficient (Wildman–Crippen LogP) is 2.78. The van der Waals surface area contributed by atoms with E-state index in [4.69, 9.17) is 0 Å². The fourth-order valence-corrected chi connectivity index (χ4v) is 3.70. The summed E-state index contributed by atoms with van der Waals surface area (Å²) in [4.78, 5) is 13.3. The van der Waals surface area contributed by atoms with Crippen LogP contribution < -0.4 is 15.1 Å². The summed E-state index contributed by atoms with van der Waals surface area (Å²) in [7, 11) is 0. The largest absolute Gasteiger partial charge is 0.391 e. The van der Waals surface area contributed by atoms with Gasteiger partial charge in [-0.05, 0) is 37.8 Å². The van der Waals surface area contributed by atoms with Crippen LogP contribution in [0.5, 0.6) is 0 Å². The molecule has 0 amide bonds. The number of anilines is 4. The van der Waals surface area contributed by atoms with Crippen LogP contribution in [0.25, 0.3) is 0 Å². The molecule has 0 aliphatic carbocycles. The minimum absolute atomic E-state index is 0.268. The zero-order chi connectivity index (χ0) is 17.1. The monoisotopic (exact) mass is 339 g/mol. The maximum Gasteiger partial charge on any atom is 0.135 e. The van der Waals surface area contributed by atoms with Crippen LogP contribution in [-0.2, 0) is 0 Å². The summed E-state index contributed by atoms with van der Waals surface area (Å²) < 4.78 is 0. The number of rotatable bonds is 4. The summed E-state index contributed by atoms with van der Waals surface area (Å²) in [5, 5.41) is 13.4. The Bertz CT molecular complexity index is 716. The second-order valence-electron chi connectivity index (χ2n) is 6.84. The van der Waals surface area contributed by atoms with E-state index in [0.29, 0.717) is 6.54 Å². The standard InChI is InChI=1S/C19H25N5O/c25-15-6-5-11-24(13-15)19-12-18(20-14-21-19)22-16-7-1-2-8-17(16)23-9-3-4-10-23/h1-2,7-8,12,14-15,25H,3-6,9-11,13H2,(H,20,21,22)/t15-/m0/s1. The van der Waals surface area contributed by atoms with Crippen LogP contribution in [0.15, 0.2) is 36.7 Å². The second-order valence-corrected chi connectivity index (χ2v) is 6.84. The molecule has 4 rings (SSSR count). The lowest BCUT2D eigenvalue weighted by Crippen LogP contribution is -2.38. The number of aliphatic hydroxyl groups is 1. The van der Waals surface area contributed by atoms with Gasteiger partial charge in [-0.25, -0.2) is 9.97 Å². The minimum Gasteiger partial charge on any atom is -0.391 e. The molecule has 6 heteroatoms. The van der Waals surface area contributed by atoms with Crippen molar-refractivity contribution in [2.24, 2.45) is 0 Å². The smallest absolute Gasteiger partial charge is 0.135 e. The average molecular weight is 339 g/mol. The van der Waals surface area contributed by atoms with Crippen LogP contribution in [-0.4, -0.2) is 47.4 Å². The average Bonchev–Trinajstić information content (AvgIpc) is 3.17. The molecule has 2 aliphatic heterocycles. The molecule has 0 saturated carbocycles. The van der Waals surface area contributed by atoms with Crippen molar-refractivity contribution in [1.29, 1.82) is 0 Å². The molecule has 2 aromatic rings. The van der Waals surface area contributed by atoms with Gasteiger partial charge in [0.15, 0.2) is 0 Å². The van der Waals surface area contributed by atoms with Crippen molar-refractivity contribution in [3.63, 3.8) is 0 Å². The Morgan fingerprint density at radius 2 is 1.80 bits per heavy atom. The van der Waals surface area contributed by atoms with Crippen LogP contribution in [0.4, 0.5) is 23.0 Å². The summed E-state index contributed by atoms with van der Waals surface area (Å²) in [6, 6.07) is 10.4. The molecule has 0 spiro atoms. The van der Waals surface area contributed by atoms with Gasteiger partial charge in [0, 0.05) is 32.2 Å². The first-order valence-corrected chi connectivity index (χ1v) is 9.16. The van der Waals surface area contributed by atoms with Gasteiger partial charge in [0.25, 0.3) is 0 Å². The van der Waals surface area contributed by atoms with Crippen LogP contribution in [0.3, 0.4) is 0 Å². The van der Waals surface area contributed by atoms with Crippen molar-refractivity contribution >= 4 is 23.0 Å². The molecule has 2 saturated heterocycles. The van der Waals surface area contributed by atoms with Gasteiger partial charge in [-0.2, -0.15) is 0 Å². The topological polar surface area (TPSA) is 64.5 Å². The first-order chi connectivity index (χ1) is 12.3. The van der Waals surface area contributed by atoms with Crippen LogP contribution >= 0.6 is 0 Å². The number of β-amino-alcohol motifs (C(OH)–C–C–N with tert-alkyl or cyclic N) is 1. The molecule has 1 atom stereocenters. The fraction of sp³-hybridized carbons (Fsp3) is 0.474. The first-order valence-electron chi connectivity index (χ1n) is 9.16. The van der Waals surface area contributed by atoms with Gasteiger partial charge in [0.1, 0.15) is 18.0 Å². The van der Waals surface area contributed by atoms with E-state index in [-0.39, 0.29) is 6.10 Å². The van der Waals surface area contributed by atoms with Crippen LogP contribution in [0, 0.1) is 0 Å². The van der Waals surface area contributed by atoms with Gasteiger partial charge in [-0.3, -0.25) is 0 Å². The molecule has 2 N–H and O–H groups in total. The molecule has 6 nitrogen and oxygen atoms in total. The highest BCUT2D eigenvalue weighted by Crippen LogP contribution is 2.31. The summed E-state index contributed by atoms with van der Waals surface area (Å²) in [5.41, 5.74) is 2.31. The molecular weight excluding hydrogens is 314 g/mol. The van der Waals surface area contributed by atoms with E-state index in [2.05, 4.69) is 43.3 Å². The Balaban J connectivity index is 1.54. The van der Waals surface area contributed by atoms with E-state index in [9.17, 15) is 5.11 Å². The highest BCUT2D eigenvalue weighted by atomic mass is 16.3. The van der Waals surface area contributed by atoms with Crippen molar-refractivity contribution in [2.75, 3.05) is 41.3 Å². The zero-order valence-electron chi connectivity index (χ0n) is 14.4. The predicted molar refractivity (Wildman–Crippen MR) is 101 cm³/mol. The Morgan fingerprint density at radius 1 is 1.00 bits per heavy atom. The third kappa shape index (κ3) is 3.69. The molecule has 0 radical (unpaired) electrons. The minimum atomic E-state index is -0.268. The number of aliphatic hydroxyl groups excluding tert-OH is 1. The molecule has 0 unspecified atom stereocenters. The van der Waals surface area contributed by atoms with Gasteiger partial charge in [0.05, 0.1) is 17.5 Å². The van der Waals surface area contributed by atoms with Crippen LogP contribution in [0.1, 0.15) is 25.7 Å². The molecule has 1 aromatic carbocycles. The van der Waals surface area contributed by atoms with E-state index < -0.39 is 0 Å². The van der Waals surface area contributed by atoms with Crippen molar-refractivity contribution in [2.45, 2.75) is 31.8 Å². The Labute approximate surface area is 148 Å². The van der Waals surface area contributed by atoms with E-state index >= 15 is 0 Å². The van der Waals surface area contributed by atoms with Gasteiger partial charge in [-0.1, -0.05) is 12.1 Å². The highest BCUT2D eigenvalue weighted by molar-refractivity contribution is 5.75. The van der Waals surface area contributed by atoms with Gasteiger partial charge in [-0.15, -0.1) is 0 Å². The summed E-state index contributed by atoms with van der Waals surface area (Å²) in [6.07, 6.45) is 5.70. The lowest BCUT2D eigenvalue weighted by Gasteiger charge is -2.31. The molecule has 0 bridgehead atoms. The lowest BCUT2D eigenvalue weighted by molar-refractivity contribution is 0.154. The van der Waals surface area contributed by atoms with Gasteiger partial charge < -0.3 is 20.2 Å². The molecule has 132 valence electrons. The molecule has 25 heavy (non-hydrogen) atoms. The summed E-state index contributed by atoms with van der Waals surface area (Å²) in [6.45, 7) is 3.79. The second kappa shape index (κ2) is 7.27. The van der Waals surface area contributed by atoms with Crippen LogP contribution in [0.2, 0.25) is 0 Å². The number of benzene rings is 1.